The highest BCUT2D eigenvalue weighted by molar-refractivity contribution is 6.35. The van der Waals surface area contributed by atoms with Gasteiger partial charge in [-0.15, -0.1) is 0 Å². The number of hydrogen-bond acceptors (Lipinski definition) is 4. The second kappa shape index (κ2) is 9.73. The average Bonchev–Trinajstić information content (AvgIpc) is 3.18. The van der Waals surface area contributed by atoms with Crippen molar-refractivity contribution in [2.24, 2.45) is 7.05 Å². The van der Waals surface area contributed by atoms with Crippen LogP contribution in [-0.2, 0) is 20.2 Å². The molecule has 2 aromatic carbocycles. The number of rotatable bonds is 6. The Bertz CT molecular complexity index is 1040. The van der Waals surface area contributed by atoms with Gasteiger partial charge in [0.25, 0.3) is 5.91 Å². The lowest BCUT2D eigenvalue weighted by Gasteiger charge is -2.34. The monoisotopic (exact) mass is 458 g/mol. The maximum atomic E-state index is 12.9. The largest absolute Gasteiger partial charge is 0.487 e. The summed E-state index contributed by atoms with van der Waals surface area (Å²) in [4.78, 5) is 17.1. The van der Waals surface area contributed by atoms with Crippen LogP contribution >= 0.6 is 23.2 Å². The molecule has 0 spiro atoms. The first-order chi connectivity index (χ1) is 15.0. The Labute approximate surface area is 191 Å². The lowest BCUT2D eigenvalue weighted by atomic mass is 10.1. The zero-order valence-electron chi connectivity index (χ0n) is 17.3. The molecular weight excluding hydrogens is 435 g/mol. The van der Waals surface area contributed by atoms with Crippen molar-refractivity contribution in [1.29, 1.82) is 0 Å². The summed E-state index contributed by atoms with van der Waals surface area (Å²) in [5.41, 5.74) is 2.85. The number of halogens is 2. The third-order valence-corrected chi connectivity index (χ3v) is 5.84. The molecule has 1 aliphatic heterocycles. The molecule has 1 amide bonds. The van der Waals surface area contributed by atoms with Crippen LogP contribution in [0.5, 0.6) is 5.75 Å². The van der Waals surface area contributed by atoms with Crippen molar-refractivity contribution in [2.75, 3.05) is 26.2 Å². The van der Waals surface area contributed by atoms with Gasteiger partial charge in [-0.25, -0.2) is 0 Å². The normalized spacial score (nSPS) is 14.6. The summed E-state index contributed by atoms with van der Waals surface area (Å²) in [5.74, 6) is 0.643. The van der Waals surface area contributed by atoms with E-state index in [0.29, 0.717) is 28.0 Å². The van der Waals surface area contributed by atoms with Gasteiger partial charge in [0, 0.05) is 62.1 Å². The number of benzene rings is 2. The maximum absolute atomic E-state index is 12.9. The maximum Gasteiger partial charge on any atom is 0.253 e. The van der Waals surface area contributed by atoms with E-state index in [1.807, 2.05) is 53.3 Å². The number of amides is 1. The smallest absolute Gasteiger partial charge is 0.253 e. The van der Waals surface area contributed by atoms with E-state index in [1.165, 1.54) is 5.56 Å². The summed E-state index contributed by atoms with van der Waals surface area (Å²) in [6.07, 6.45) is 3.92. The molecular formula is C23H24Cl2N4O2. The molecule has 0 unspecified atom stereocenters. The first-order valence-corrected chi connectivity index (χ1v) is 10.9. The number of hydrogen-bond donors (Lipinski definition) is 0. The summed E-state index contributed by atoms with van der Waals surface area (Å²) in [6, 6.07) is 12.7. The van der Waals surface area contributed by atoms with Gasteiger partial charge in [0.1, 0.15) is 12.4 Å². The van der Waals surface area contributed by atoms with Crippen LogP contribution in [0.4, 0.5) is 0 Å². The average molecular weight is 459 g/mol. The molecule has 1 saturated heterocycles. The van der Waals surface area contributed by atoms with E-state index in [0.717, 1.165) is 38.3 Å². The SMILES string of the molecule is Cn1cc(CN2CCN(C(=O)c3ccc(COc4ccc(Cl)cc4Cl)cc3)CC2)cn1. The number of ether oxygens (including phenoxy) is 1. The van der Waals surface area contributed by atoms with Gasteiger partial charge in [0.05, 0.1) is 11.2 Å². The van der Waals surface area contributed by atoms with E-state index < -0.39 is 0 Å². The molecule has 31 heavy (non-hydrogen) atoms. The topological polar surface area (TPSA) is 50.6 Å². The van der Waals surface area contributed by atoms with E-state index in [4.69, 9.17) is 27.9 Å². The standard InChI is InChI=1S/C23H24Cl2N4O2/c1-27-14-18(13-26-27)15-28-8-10-29(11-9-28)23(30)19-4-2-17(3-5-19)16-31-22-7-6-20(24)12-21(22)25/h2-7,12-14H,8-11,15-16H2,1H3. The van der Waals surface area contributed by atoms with E-state index in [1.54, 1.807) is 18.2 Å². The molecule has 2 heterocycles. The van der Waals surface area contributed by atoms with Crippen molar-refractivity contribution in [3.8, 4) is 5.75 Å². The second-order valence-electron chi connectivity index (χ2n) is 7.65. The minimum absolute atomic E-state index is 0.0641. The zero-order chi connectivity index (χ0) is 21.8. The first kappa shape index (κ1) is 21.7. The van der Waals surface area contributed by atoms with Crippen LogP contribution in [0.3, 0.4) is 0 Å². The van der Waals surface area contributed by atoms with Gasteiger partial charge in [0.15, 0.2) is 0 Å². The van der Waals surface area contributed by atoms with Gasteiger partial charge in [-0.1, -0.05) is 35.3 Å². The molecule has 1 fully saturated rings. The number of carbonyl (C=O) groups excluding carboxylic acids is 1. The van der Waals surface area contributed by atoms with Gasteiger partial charge in [0.2, 0.25) is 0 Å². The van der Waals surface area contributed by atoms with Gasteiger partial charge < -0.3 is 9.64 Å². The van der Waals surface area contributed by atoms with Crippen LogP contribution in [0.1, 0.15) is 21.5 Å². The predicted molar refractivity (Wildman–Crippen MR) is 122 cm³/mol. The van der Waals surface area contributed by atoms with E-state index in [9.17, 15) is 4.79 Å². The fourth-order valence-electron chi connectivity index (χ4n) is 3.60. The first-order valence-electron chi connectivity index (χ1n) is 10.1. The molecule has 0 radical (unpaired) electrons. The van der Waals surface area contributed by atoms with Crippen LogP contribution in [0.2, 0.25) is 10.0 Å². The lowest BCUT2D eigenvalue weighted by molar-refractivity contribution is 0.0628. The molecule has 1 aliphatic rings. The van der Waals surface area contributed by atoms with Gasteiger partial charge in [-0.3, -0.25) is 14.4 Å². The second-order valence-corrected chi connectivity index (χ2v) is 8.49. The Hall–Kier alpha value is -2.54. The fraction of sp³-hybridized carbons (Fsp3) is 0.304. The Kier molecular flexibility index (Phi) is 6.80. The minimum atomic E-state index is 0.0641. The molecule has 0 N–H and O–H groups in total. The summed E-state index contributed by atoms with van der Waals surface area (Å²) in [7, 11) is 1.92. The van der Waals surface area contributed by atoms with Crippen molar-refractivity contribution in [1.82, 2.24) is 19.6 Å². The fourth-order valence-corrected chi connectivity index (χ4v) is 4.06. The molecule has 3 aromatic rings. The summed E-state index contributed by atoms with van der Waals surface area (Å²) < 4.78 is 7.57. The minimum Gasteiger partial charge on any atom is -0.487 e. The molecule has 4 rings (SSSR count). The molecule has 0 bridgehead atoms. The van der Waals surface area contributed by atoms with Crippen LogP contribution in [0.15, 0.2) is 54.9 Å². The predicted octanol–water partition coefficient (Wildman–Crippen LogP) is 4.26. The molecule has 6 nitrogen and oxygen atoms in total. The summed E-state index contributed by atoms with van der Waals surface area (Å²) >= 11 is 12.0. The Morgan fingerprint density at radius 3 is 2.42 bits per heavy atom. The molecule has 8 heteroatoms. The number of nitrogens with zero attached hydrogens (tertiary/aromatic N) is 4. The highest BCUT2D eigenvalue weighted by atomic mass is 35.5. The van der Waals surface area contributed by atoms with Crippen molar-refractivity contribution in [3.05, 3.63) is 81.6 Å². The number of aromatic nitrogens is 2. The summed E-state index contributed by atoms with van der Waals surface area (Å²) in [6.45, 7) is 4.38. The molecule has 162 valence electrons. The van der Waals surface area contributed by atoms with E-state index in [2.05, 4.69) is 10.00 Å². The van der Waals surface area contributed by atoms with E-state index in [-0.39, 0.29) is 5.91 Å². The number of aryl methyl sites for hydroxylation is 1. The van der Waals surface area contributed by atoms with Crippen LogP contribution in [0, 0.1) is 0 Å². The van der Waals surface area contributed by atoms with Gasteiger partial charge in [-0.2, -0.15) is 5.10 Å². The quantitative estimate of drug-likeness (QED) is 0.553. The molecule has 0 aliphatic carbocycles. The third-order valence-electron chi connectivity index (χ3n) is 5.31. The third kappa shape index (κ3) is 5.58. The summed E-state index contributed by atoms with van der Waals surface area (Å²) in [5, 5.41) is 5.26. The Morgan fingerprint density at radius 2 is 1.77 bits per heavy atom. The molecule has 0 atom stereocenters. The number of piperazine rings is 1. The van der Waals surface area contributed by atoms with Crippen molar-refractivity contribution < 1.29 is 9.53 Å². The highest BCUT2D eigenvalue weighted by Crippen LogP contribution is 2.28. The Balaban J connectivity index is 1.28. The lowest BCUT2D eigenvalue weighted by Crippen LogP contribution is -2.48. The molecule has 0 saturated carbocycles. The van der Waals surface area contributed by atoms with Crippen LogP contribution < -0.4 is 4.74 Å². The molecule has 1 aromatic heterocycles. The van der Waals surface area contributed by atoms with Crippen molar-refractivity contribution in [2.45, 2.75) is 13.2 Å². The zero-order valence-corrected chi connectivity index (χ0v) is 18.8. The van der Waals surface area contributed by atoms with Crippen LogP contribution in [-0.4, -0.2) is 51.7 Å². The van der Waals surface area contributed by atoms with E-state index >= 15 is 0 Å². The number of carbonyl (C=O) groups is 1. The van der Waals surface area contributed by atoms with Crippen molar-refractivity contribution >= 4 is 29.1 Å². The van der Waals surface area contributed by atoms with Gasteiger partial charge in [-0.05, 0) is 35.9 Å². The highest BCUT2D eigenvalue weighted by Gasteiger charge is 2.22. The van der Waals surface area contributed by atoms with Gasteiger partial charge >= 0.3 is 0 Å². The van der Waals surface area contributed by atoms with Crippen LogP contribution in [0.25, 0.3) is 0 Å². The van der Waals surface area contributed by atoms with Crippen molar-refractivity contribution in [3.63, 3.8) is 0 Å². The Morgan fingerprint density at radius 1 is 1.03 bits per heavy atom.